The number of allylic oxidation sites excluding steroid dienone is 2. The van der Waals surface area contributed by atoms with E-state index >= 15 is 0 Å². The van der Waals surface area contributed by atoms with Crippen molar-refractivity contribution < 1.29 is 17.4 Å². The van der Waals surface area contributed by atoms with Gasteiger partial charge in [-0.1, -0.05) is 37.4 Å². The van der Waals surface area contributed by atoms with E-state index in [1.807, 2.05) is 41.5 Å². The number of halogens is 1. The summed E-state index contributed by atoms with van der Waals surface area (Å²) < 4.78 is 32.1. The van der Waals surface area contributed by atoms with E-state index in [2.05, 4.69) is 5.10 Å². The van der Waals surface area contributed by atoms with Gasteiger partial charge in [-0.15, -0.1) is 0 Å². The van der Waals surface area contributed by atoms with Gasteiger partial charge in [0.1, 0.15) is 5.56 Å². The number of unbranched alkanes of at least 4 members (excludes halogenated alkanes) is 1. The normalized spacial score (nSPS) is 11.5. The minimum atomic E-state index is -3.85. The van der Waals surface area contributed by atoms with Crippen molar-refractivity contribution >= 4 is 33.1 Å². The summed E-state index contributed by atoms with van der Waals surface area (Å²) in [5, 5.41) is 4.98. The molecule has 1 aromatic carbocycles. The lowest BCUT2D eigenvalue weighted by Crippen LogP contribution is -2.18. The van der Waals surface area contributed by atoms with Crippen LogP contribution in [0.5, 0.6) is 5.88 Å². The van der Waals surface area contributed by atoms with Gasteiger partial charge >= 0.3 is 10.1 Å². The molecule has 0 saturated heterocycles. The second kappa shape index (κ2) is 10.7. The van der Waals surface area contributed by atoms with E-state index in [4.69, 9.17) is 15.8 Å². The molecule has 2 aromatic rings. The van der Waals surface area contributed by atoms with Gasteiger partial charge in [-0.05, 0) is 76.3 Å². The van der Waals surface area contributed by atoms with Gasteiger partial charge in [-0.3, -0.25) is 4.79 Å². The second-order valence-electron chi connectivity index (χ2n) is 8.24. The topological polar surface area (TPSA) is 78.3 Å². The molecular weight excluding hydrogens is 448 g/mol. The lowest BCUT2D eigenvalue weighted by molar-refractivity contribution is 0.103. The molecule has 0 aliphatic carbocycles. The average Bonchev–Trinajstić information content (AvgIpc) is 3.00. The van der Waals surface area contributed by atoms with Gasteiger partial charge in [0.15, 0.2) is 0 Å². The monoisotopic (exact) mass is 480 g/mol. The van der Waals surface area contributed by atoms with Crippen LogP contribution in [0.2, 0.25) is 5.02 Å². The summed E-state index contributed by atoms with van der Waals surface area (Å²) in [6.45, 7) is 13.8. The molecule has 0 spiro atoms. The maximum atomic E-state index is 13.7. The largest absolute Gasteiger partial charge is 0.361 e. The first kappa shape index (κ1) is 26.1. The molecule has 2 rings (SSSR count). The highest BCUT2D eigenvalue weighted by Crippen LogP contribution is 2.34. The zero-order valence-corrected chi connectivity index (χ0v) is 21.6. The number of aryl methyl sites for hydroxylation is 2. The quantitative estimate of drug-likeness (QED) is 0.302. The number of aromatic nitrogens is 2. The van der Waals surface area contributed by atoms with Crippen molar-refractivity contribution in [2.75, 3.05) is 5.75 Å². The standard InChI is InChI=1S/C24H33ClN2O4S/c1-8-10-14-32(29,30)31-24-22(18(7)26-27(24)13-9-2)23(28)19-11-12-20(25)21(17(19)6)16(5)15(3)4/h11-12H,8-10,13-14H2,1-7H3. The van der Waals surface area contributed by atoms with Crippen molar-refractivity contribution in [1.29, 1.82) is 0 Å². The minimum absolute atomic E-state index is 0.0136. The fourth-order valence-electron chi connectivity index (χ4n) is 3.52. The molecule has 0 aliphatic rings. The molecule has 0 aliphatic heterocycles. The van der Waals surface area contributed by atoms with Gasteiger partial charge in [0.05, 0.1) is 11.4 Å². The zero-order chi connectivity index (χ0) is 24.2. The average molecular weight is 481 g/mol. The molecule has 6 nitrogen and oxygen atoms in total. The summed E-state index contributed by atoms with van der Waals surface area (Å²) in [6, 6.07) is 3.38. The van der Waals surface area contributed by atoms with Gasteiger partial charge in [0.2, 0.25) is 11.7 Å². The van der Waals surface area contributed by atoms with E-state index < -0.39 is 10.1 Å². The summed E-state index contributed by atoms with van der Waals surface area (Å²) in [5.74, 6) is -0.458. The molecule has 0 fully saturated rings. The van der Waals surface area contributed by atoms with Gasteiger partial charge < -0.3 is 4.18 Å². The first-order valence-electron chi connectivity index (χ1n) is 10.9. The molecule has 1 heterocycles. The van der Waals surface area contributed by atoms with Crippen LogP contribution >= 0.6 is 11.6 Å². The number of hydrogen-bond acceptors (Lipinski definition) is 5. The molecule has 0 bridgehead atoms. The van der Waals surface area contributed by atoms with Gasteiger partial charge in [-0.2, -0.15) is 13.5 Å². The lowest BCUT2D eigenvalue weighted by Gasteiger charge is -2.15. The third-order valence-electron chi connectivity index (χ3n) is 5.48. The van der Waals surface area contributed by atoms with E-state index in [1.165, 1.54) is 4.68 Å². The summed E-state index contributed by atoms with van der Waals surface area (Å²) in [6.07, 6.45) is 1.91. The summed E-state index contributed by atoms with van der Waals surface area (Å²) >= 11 is 6.47. The Morgan fingerprint density at radius 3 is 2.31 bits per heavy atom. The maximum absolute atomic E-state index is 13.7. The smallest absolute Gasteiger partial charge is 0.310 e. The summed E-state index contributed by atoms with van der Waals surface area (Å²) in [4.78, 5) is 13.7. The van der Waals surface area contributed by atoms with Crippen molar-refractivity contribution in [2.24, 2.45) is 0 Å². The van der Waals surface area contributed by atoms with Crippen LogP contribution < -0.4 is 4.18 Å². The molecule has 0 saturated carbocycles. The van der Waals surface area contributed by atoms with E-state index in [0.29, 0.717) is 35.7 Å². The summed E-state index contributed by atoms with van der Waals surface area (Å²) in [5.41, 5.74) is 4.69. The number of hydrogen-bond donors (Lipinski definition) is 0. The Kier molecular flexibility index (Phi) is 8.71. The Morgan fingerprint density at radius 1 is 1.09 bits per heavy atom. The van der Waals surface area contributed by atoms with Crippen LogP contribution in [0, 0.1) is 13.8 Å². The molecule has 1 aromatic heterocycles. The maximum Gasteiger partial charge on any atom is 0.310 e. The van der Waals surface area contributed by atoms with Crippen molar-refractivity contribution in [3.63, 3.8) is 0 Å². The first-order valence-corrected chi connectivity index (χ1v) is 12.9. The van der Waals surface area contributed by atoms with Crippen LogP contribution in [-0.4, -0.2) is 29.7 Å². The van der Waals surface area contributed by atoms with E-state index in [9.17, 15) is 13.2 Å². The zero-order valence-electron chi connectivity index (χ0n) is 20.0. The van der Waals surface area contributed by atoms with Gasteiger partial charge in [0.25, 0.3) is 0 Å². The van der Waals surface area contributed by atoms with Crippen molar-refractivity contribution in [1.82, 2.24) is 9.78 Å². The fourth-order valence-corrected chi connectivity index (χ4v) is 5.00. The Hall–Kier alpha value is -2.12. The third kappa shape index (κ3) is 5.62. The van der Waals surface area contributed by atoms with Crippen LogP contribution in [0.15, 0.2) is 17.7 Å². The Bertz CT molecular complexity index is 1140. The Morgan fingerprint density at radius 2 is 1.75 bits per heavy atom. The number of benzene rings is 1. The highest BCUT2D eigenvalue weighted by Gasteiger charge is 2.29. The van der Waals surface area contributed by atoms with Crippen LogP contribution in [0.3, 0.4) is 0 Å². The minimum Gasteiger partial charge on any atom is -0.361 e. The van der Waals surface area contributed by atoms with Crippen molar-refractivity contribution in [2.45, 2.75) is 74.3 Å². The predicted octanol–water partition coefficient (Wildman–Crippen LogP) is 6.12. The molecule has 176 valence electrons. The van der Waals surface area contributed by atoms with E-state index in [0.717, 1.165) is 28.7 Å². The Balaban J connectivity index is 2.67. The van der Waals surface area contributed by atoms with Crippen LogP contribution in [0.25, 0.3) is 5.57 Å². The van der Waals surface area contributed by atoms with Crippen molar-refractivity contribution in [3.8, 4) is 5.88 Å². The van der Waals surface area contributed by atoms with E-state index in [-0.39, 0.29) is 23.0 Å². The highest BCUT2D eigenvalue weighted by atomic mass is 35.5. The van der Waals surface area contributed by atoms with Gasteiger partial charge in [-0.25, -0.2) is 4.68 Å². The molecular formula is C24H33ClN2O4S. The molecule has 8 heteroatoms. The molecule has 0 atom stereocenters. The lowest BCUT2D eigenvalue weighted by atomic mass is 9.91. The number of carbonyl (C=O) groups is 1. The predicted molar refractivity (Wildman–Crippen MR) is 130 cm³/mol. The van der Waals surface area contributed by atoms with Crippen molar-refractivity contribution in [3.05, 3.63) is 50.7 Å². The number of carbonyl (C=O) groups excluding carboxylic acids is 1. The molecule has 0 amide bonds. The first-order chi connectivity index (χ1) is 14.9. The molecule has 0 N–H and O–H groups in total. The number of nitrogens with zero attached hydrogens (tertiary/aromatic N) is 2. The van der Waals surface area contributed by atoms with E-state index in [1.54, 1.807) is 19.1 Å². The number of rotatable bonds is 10. The SMILES string of the molecule is CCCCS(=O)(=O)Oc1c(C(=O)c2ccc(Cl)c(C(C)=C(C)C)c2C)c(C)nn1CCC. The molecule has 0 radical (unpaired) electrons. The number of ketones is 1. The molecule has 32 heavy (non-hydrogen) atoms. The van der Waals surface area contributed by atoms with Crippen LogP contribution in [0.4, 0.5) is 0 Å². The Labute approximate surface area is 196 Å². The van der Waals surface area contributed by atoms with Gasteiger partial charge in [0, 0.05) is 17.1 Å². The third-order valence-corrected chi connectivity index (χ3v) is 7.00. The van der Waals surface area contributed by atoms with Crippen LogP contribution in [0.1, 0.15) is 86.6 Å². The van der Waals surface area contributed by atoms with Crippen LogP contribution in [-0.2, 0) is 16.7 Å². The fraction of sp³-hybridized carbons (Fsp3) is 0.500. The highest BCUT2D eigenvalue weighted by molar-refractivity contribution is 7.87. The second-order valence-corrected chi connectivity index (χ2v) is 10.3. The summed E-state index contributed by atoms with van der Waals surface area (Å²) in [7, 11) is -3.85. The molecule has 0 unspecified atom stereocenters.